The maximum atomic E-state index is 12.0. The molecule has 0 aromatic heterocycles. The van der Waals surface area contributed by atoms with Gasteiger partial charge in [-0.25, -0.2) is 0 Å². The summed E-state index contributed by atoms with van der Waals surface area (Å²) in [6.07, 6.45) is 7.50. The topological polar surface area (TPSA) is 41.1 Å². The van der Waals surface area contributed by atoms with Gasteiger partial charge in [-0.2, -0.15) is 0 Å². The molecule has 1 saturated heterocycles. The number of amides is 1. The Hall–Kier alpha value is -0.280. The van der Waals surface area contributed by atoms with Crippen molar-refractivity contribution in [2.75, 3.05) is 19.6 Å². The molecule has 0 bridgehead atoms. The minimum Gasteiger partial charge on any atom is -0.356 e. The van der Waals surface area contributed by atoms with Crippen molar-refractivity contribution >= 4 is 18.3 Å². The van der Waals surface area contributed by atoms with Crippen molar-refractivity contribution in [2.24, 2.45) is 17.8 Å². The van der Waals surface area contributed by atoms with E-state index in [-0.39, 0.29) is 24.2 Å². The van der Waals surface area contributed by atoms with E-state index in [9.17, 15) is 4.79 Å². The maximum Gasteiger partial charge on any atom is 0.224 e. The average Bonchev–Trinajstić information content (AvgIpc) is 2.37. The number of piperidine rings is 1. The molecule has 3 nitrogen and oxygen atoms in total. The molecule has 3 unspecified atom stereocenters. The maximum absolute atomic E-state index is 12.0. The first-order valence-electron chi connectivity index (χ1n) is 7.24. The monoisotopic (exact) mass is 274 g/mol. The molecular formula is C14H27ClN2O. The van der Waals surface area contributed by atoms with E-state index in [0.717, 1.165) is 44.3 Å². The van der Waals surface area contributed by atoms with Gasteiger partial charge in [-0.3, -0.25) is 4.79 Å². The fourth-order valence-corrected chi connectivity index (χ4v) is 3.21. The molecule has 3 atom stereocenters. The zero-order valence-corrected chi connectivity index (χ0v) is 12.2. The first-order valence-corrected chi connectivity index (χ1v) is 7.24. The largest absolute Gasteiger partial charge is 0.356 e. The summed E-state index contributed by atoms with van der Waals surface area (Å²) in [5, 5.41) is 6.46. The van der Waals surface area contributed by atoms with Crippen molar-refractivity contribution in [1.82, 2.24) is 10.6 Å². The Balaban J connectivity index is 0.00000162. The van der Waals surface area contributed by atoms with Crippen LogP contribution in [0.3, 0.4) is 0 Å². The van der Waals surface area contributed by atoms with Gasteiger partial charge in [-0.05, 0) is 44.1 Å². The summed E-state index contributed by atoms with van der Waals surface area (Å²) in [5.74, 6) is 2.06. The second-order valence-electron chi connectivity index (χ2n) is 5.93. The van der Waals surface area contributed by atoms with Gasteiger partial charge >= 0.3 is 0 Å². The molecular weight excluding hydrogens is 248 g/mol. The van der Waals surface area contributed by atoms with Crippen molar-refractivity contribution in [2.45, 2.75) is 45.4 Å². The van der Waals surface area contributed by atoms with Gasteiger partial charge in [0.25, 0.3) is 0 Å². The quantitative estimate of drug-likeness (QED) is 0.830. The van der Waals surface area contributed by atoms with E-state index in [2.05, 4.69) is 17.6 Å². The third kappa shape index (κ3) is 4.77. The Bertz CT molecular complexity index is 254. The van der Waals surface area contributed by atoms with Crippen molar-refractivity contribution < 1.29 is 4.79 Å². The lowest BCUT2D eigenvalue weighted by Crippen LogP contribution is -2.42. The van der Waals surface area contributed by atoms with Gasteiger partial charge in [-0.15, -0.1) is 12.4 Å². The molecule has 2 aliphatic rings. The zero-order chi connectivity index (χ0) is 12.1. The van der Waals surface area contributed by atoms with Gasteiger partial charge in [0.05, 0.1) is 5.92 Å². The standard InChI is InChI=1S/C14H26N2O.ClH/c1-11-4-2-5-12(8-11)9-16-14(17)13-6-3-7-15-10-13;/h11-13,15H,2-10H2,1H3,(H,16,17);1H. The SMILES string of the molecule is CC1CCCC(CNC(=O)C2CCCNC2)C1.Cl. The molecule has 1 amide bonds. The highest BCUT2D eigenvalue weighted by molar-refractivity contribution is 5.85. The summed E-state index contributed by atoms with van der Waals surface area (Å²) < 4.78 is 0. The number of hydrogen-bond donors (Lipinski definition) is 2. The second-order valence-corrected chi connectivity index (χ2v) is 5.93. The fourth-order valence-electron chi connectivity index (χ4n) is 3.21. The van der Waals surface area contributed by atoms with Crippen LogP contribution in [0, 0.1) is 17.8 Å². The lowest BCUT2D eigenvalue weighted by molar-refractivity contribution is -0.125. The summed E-state index contributed by atoms with van der Waals surface area (Å²) in [5.41, 5.74) is 0. The molecule has 0 radical (unpaired) electrons. The van der Waals surface area contributed by atoms with Crippen molar-refractivity contribution in [3.63, 3.8) is 0 Å². The highest BCUT2D eigenvalue weighted by Gasteiger charge is 2.23. The molecule has 0 aromatic carbocycles. The van der Waals surface area contributed by atoms with Gasteiger partial charge in [0.15, 0.2) is 0 Å². The third-order valence-corrected chi connectivity index (χ3v) is 4.28. The van der Waals surface area contributed by atoms with E-state index in [1.807, 2.05) is 0 Å². The lowest BCUT2D eigenvalue weighted by atomic mass is 9.82. The van der Waals surface area contributed by atoms with Crippen molar-refractivity contribution in [1.29, 1.82) is 0 Å². The molecule has 4 heteroatoms. The summed E-state index contributed by atoms with van der Waals surface area (Å²) in [6.45, 7) is 5.18. The van der Waals surface area contributed by atoms with Crippen LogP contribution in [0.2, 0.25) is 0 Å². The molecule has 1 aliphatic carbocycles. The molecule has 2 fully saturated rings. The van der Waals surface area contributed by atoms with E-state index in [4.69, 9.17) is 0 Å². The predicted molar refractivity (Wildman–Crippen MR) is 77.0 cm³/mol. The molecule has 1 saturated carbocycles. The summed E-state index contributed by atoms with van der Waals surface area (Å²) >= 11 is 0. The lowest BCUT2D eigenvalue weighted by Gasteiger charge is -2.28. The van der Waals surface area contributed by atoms with E-state index in [0.29, 0.717) is 0 Å². The first-order chi connectivity index (χ1) is 8.25. The Morgan fingerprint density at radius 1 is 1.28 bits per heavy atom. The Kier molecular flexibility index (Phi) is 7.02. The number of hydrogen-bond acceptors (Lipinski definition) is 2. The molecule has 18 heavy (non-hydrogen) atoms. The van der Waals surface area contributed by atoms with E-state index < -0.39 is 0 Å². The van der Waals surface area contributed by atoms with Crippen molar-refractivity contribution in [3.05, 3.63) is 0 Å². The summed E-state index contributed by atoms with van der Waals surface area (Å²) in [7, 11) is 0. The number of rotatable bonds is 3. The fraction of sp³-hybridized carbons (Fsp3) is 0.929. The predicted octanol–water partition coefficient (Wildman–Crippen LogP) is 2.35. The molecule has 0 spiro atoms. The van der Waals surface area contributed by atoms with Crippen molar-refractivity contribution in [3.8, 4) is 0 Å². The average molecular weight is 275 g/mol. The highest BCUT2D eigenvalue weighted by Crippen LogP contribution is 2.28. The van der Waals surface area contributed by atoms with Gasteiger partial charge < -0.3 is 10.6 Å². The number of carbonyl (C=O) groups is 1. The van der Waals surface area contributed by atoms with Gasteiger partial charge in [0.2, 0.25) is 5.91 Å². The zero-order valence-electron chi connectivity index (χ0n) is 11.4. The minimum atomic E-state index is 0. The van der Waals surface area contributed by atoms with Crippen LogP contribution in [-0.2, 0) is 4.79 Å². The van der Waals surface area contributed by atoms with Crippen LogP contribution in [0.1, 0.15) is 45.4 Å². The Morgan fingerprint density at radius 2 is 2.11 bits per heavy atom. The normalized spacial score (nSPS) is 32.4. The van der Waals surface area contributed by atoms with Crippen LogP contribution in [0.4, 0.5) is 0 Å². The molecule has 0 aromatic rings. The summed E-state index contributed by atoms with van der Waals surface area (Å²) in [4.78, 5) is 12.0. The Morgan fingerprint density at radius 3 is 2.78 bits per heavy atom. The molecule has 1 aliphatic heterocycles. The van der Waals surface area contributed by atoms with Crippen LogP contribution < -0.4 is 10.6 Å². The van der Waals surface area contributed by atoms with E-state index >= 15 is 0 Å². The third-order valence-electron chi connectivity index (χ3n) is 4.28. The summed E-state index contributed by atoms with van der Waals surface area (Å²) in [6, 6.07) is 0. The van der Waals surface area contributed by atoms with E-state index in [1.165, 1.54) is 25.7 Å². The molecule has 2 rings (SSSR count). The van der Waals surface area contributed by atoms with Crippen LogP contribution in [-0.4, -0.2) is 25.5 Å². The van der Waals surface area contributed by atoms with Crippen LogP contribution in [0.5, 0.6) is 0 Å². The second kappa shape index (κ2) is 8.00. The smallest absolute Gasteiger partial charge is 0.224 e. The number of nitrogens with one attached hydrogen (secondary N) is 2. The molecule has 1 heterocycles. The van der Waals surface area contributed by atoms with Crippen LogP contribution in [0.15, 0.2) is 0 Å². The molecule has 106 valence electrons. The van der Waals surface area contributed by atoms with E-state index in [1.54, 1.807) is 0 Å². The highest BCUT2D eigenvalue weighted by atomic mass is 35.5. The van der Waals surface area contributed by atoms with Gasteiger partial charge in [0.1, 0.15) is 0 Å². The van der Waals surface area contributed by atoms with Gasteiger partial charge in [-0.1, -0.05) is 19.8 Å². The van der Waals surface area contributed by atoms with Crippen LogP contribution in [0.25, 0.3) is 0 Å². The molecule has 2 N–H and O–H groups in total. The Labute approximate surface area is 117 Å². The first kappa shape index (κ1) is 15.8. The van der Waals surface area contributed by atoms with Gasteiger partial charge in [0, 0.05) is 13.1 Å². The minimum absolute atomic E-state index is 0. The number of carbonyl (C=O) groups excluding carboxylic acids is 1. The van der Waals surface area contributed by atoms with Crippen LogP contribution >= 0.6 is 12.4 Å². The number of halogens is 1.